The van der Waals surface area contributed by atoms with Crippen LogP contribution in [0.4, 0.5) is 0 Å². The maximum absolute atomic E-state index is 10.6. The first kappa shape index (κ1) is 8.39. The second-order valence-corrected chi connectivity index (χ2v) is 1.57. The number of hydrogen-bond donors (Lipinski definition) is 2. The molecule has 0 rings (SSSR count). The van der Waals surface area contributed by atoms with E-state index in [0.717, 1.165) is 0 Å². The lowest BCUT2D eigenvalue weighted by atomic mass is 10.4. The minimum Gasteiger partial charge on any atom is -0.356 e. The lowest BCUT2D eigenvalue weighted by Gasteiger charge is -1.98. The van der Waals surface area contributed by atoms with Crippen LogP contribution in [0.3, 0.4) is 0 Å². The lowest BCUT2D eigenvalue weighted by Crippen LogP contribution is -2.24. The van der Waals surface area contributed by atoms with Gasteiger partial charge in [0, 0.05) is 6.54 Å². The molecule has 0 aromatic heterocycles. The number of nitrogens with two attached hydrogens (primary N) is 1. The molecule has 1 amide bonds. The van der Waals surface area contributed by atoms with Gasteiger partial charge in [0.2, 0.25) is 5.91 Å². The molecule has 0 atom stereocenters. The van der Waals surface area contributed by atoms with Crippen LogP contribution >= 0.6 is 0 Å². The molecule has 0 heterocycles. The fourth-order valence-electron chi connectivity index (χ4n) is 0.437. The van der Waals surface area contributed by atoms with Crippen molar-refractivity contribution < 1.29 is 9.63 Å². The summed E-state index contributed by atoms with van der Waals surface area (Å²) in [6, 6.07) is 0. The largest absolute Gasteiger partial charge is 0.356 e. The molecule has 0 aromatic rings. The van der Waals surface area contributed by atoms with Crippen molar-refractivity contribution in [3.05, 3.63) is 0 Å². The Morgan fingerprint density at radius 3 is 2.89 bits per heavy atom. The molecule has 0 aromatic carbocycles. The fraction of sp³-hybridized carbons (Fsp3) is 0.800. The number of nitrogens with one attached hydrogen (secondary N) is 1. The molecule has 3 N–H and O–H groups in total. The minimum atomic E-state index is -0.0250. The molecule has 0 bridgehead atoms. The van der Waals surface area contributed by atoms with E-state index in [1.54, 1.807) is 0 Å². The number of rotatable bonds is 4. The second kappa shape index (κ2) is 5.53. The van der Waals surface area contributed by atoms with Crippen molar-refractivity contribution in [3.63, 3.8) is 0 Å². The number of carbonyl (C=O) groups excluding carboxylic acids is 1. The first-order valence-electron chi connectivity index (χ1n) is 2.89. The predicted molar refractivity (Wildman–Crippen MR) is 33.4 cm³/mol. The number of hydrogen-bond acceptors (Lipinski definition) is 3. The van der Waals surface area contributed by atoms with Crippen LogP contribution in [0.15, 0.2) is 0 Å². The third-order valence-electron chi connectivity index (χ3n) is 0.821. The Balaban J connectivity index is 3.06. The van der Waals surface area contributed by atoms with Gasteiger partial charge in [0.15, 0.2) is 0 Å². The average Bonchev–Trinajstić information content (AvgIpc) is 1.85. The summed E-state index contributed by atoms with van der Waals surface area (Å²) in [5.74, 6) is 4.67. The van der Waals surface area contributed by atoms with Gasteiger partial charge in [-0.3, -0.25) is 4.79 Å². The summed E-state index contributed by atoms with van der Waals surface area (Å²) in [6.45, 7) is 2.80. The van der Waals surface area contributed by atoms with Crippen molar-refractivity contribution in [2.45, 2.75) is 13.3 Å². The highest BCUT2D eigenvalue weighted by Gasteiger charge is 1.95. The highest BCUT2D eigenvalue weighted by Crippen LogP contribution is 1.76. The summed E-state index contributed by atoms with van der Waals surface area (Å²) in [5, 5.41) is 2.61. The molecule has 0 aliphatic carbocycles. The molecule has 4 nitrogen and oxygen atoms in total. The highest BCUT2D eigenvalue weighted by molar-refractivity contribution is 5.75. The van der Waals surface area contributed by atoms with Gasteiger partial charge in [-0.2, -0.15) is 0 Å². The molecule has 0 unspecified atom stereocenters. The third kappa shape index (κ3) is 5.26. The van der Waals surface area contributed by atoms with Crippen molar-refractivity contribution in [3.8, 4) is 0 Å². The van der Waals surface area contributed by atoms with E-state index in [4.69, 9.17) is 5.90 Å². The maximum atomic E-state index is 10.6. The average molecular weight is 132 g/mol. The van der Waals surface area contributed by atoms with E-state index < -0.39 is 0 Å². The van der Waals surface area contributed by atoms with Gasteiger partial charge in [-0.25, -0.2) is 5.90 Å². The van der Waals surface area contributed by atoms with Gasteiger partial charge in [0.1, 0.15) is 0 Å². The van der Waals surface area contributed by atoms with Crippen LogP contribution in [0.1, 0.15) is 13.3 Å². The van der Waals surface area contributed by atoms with E-state index in [0.29, 0.717) is 13.0 Å². The summed E-state index contributed by atoms with van der Waals surface area (Å²) >= 11 is 0. The Bertz CT molecular complexity index is 85.0. The smallest absolute Gasteiger partial charge is 0.222 e. The summed E-state index contributed by atoms with van der Waals surface area (Å²) < 4.78 is 0. The van der Waals surface area contributed by atoms with Crippen LogP contribution in [-0.2, 0) is 9.63 Å². The van der Waals surface area contributed by atoms with Crippen LogP contribution in [0.25, 0.3) is 0 Å². The van der Waals surface area contributed by atoms with E-state index >= 15 is 0 Å². The summed E-state index contributed by atoms with van der Waals surface area (Å²) in [6.07, 6.45) is 0.338. The quantitative estimate of drug-likeness (QED) is 0.502. The zero-order chi connectivity index (χ0) is 7.11. The molecule has 0 aliphatic rings. The van der Waals surface area contributed by atoms with Gasteiger partial charge in [-0.05, 0) is 6.92 Å². The van der Waals surface area contributed by atoms with E-state index in [-0.39, 0.29) is 12.5 Å². The summed E-state index contributed by atoms with van der Waals surface area (Å²) in [4.78, 5) is 14.8. The van der Waals surface area contributed by atoms with Gasteiger partial charge in [-0.15, -0.1) is 0 Å². The number of carbonyl (C=O) groups is 1. The molecule has 0 aliphatic heterocycles. The van der Waals surface area contributed by atoms with Gasteiger partial charge < -0.3 is 10.2 Å². The summed E-state index contributed by atoms with van der Waals surface area (Å²) in [5.41, 5.74) is 0. The van der Waals surface area contributed by atoms with Crippen molar-refractivity contribution in [2.24, 2.45) is 5.90 Å². The van der Waals surface area contributed by atoms with Crippen molar-refractivity contribution in [1.29, 1.82) is 0 Å². The predicted octanol–water partition coefficient (Wildman–Crippen LogP) is -0.597. The Hall–Kier alpha value is -0.610. The Morgan fingerprint density at radius 2 is 2.44 bits per heavy atom. The molecule has 9 heavy (non-hydrogen) atoms. The van der Waals surface area contributed by atoms with Crippen LogP contribution < -0.4 is 11.2 Å². The van der Waals surface area contributed by atoms with E-state index in [9.17, 15) is 4.79 Å². The monoisotopic (exact) mass is 132 g/mol. The Kier molecular flexibility index (Phi) is 5.15. The molecule has 0 saturated heterocycles. The van der Waals surface area contributed by atoms with E-state index in [1.807, 2.05) is 6.92 Å². The zero-order valence-corrected chi connectivity index (χ0v) is 5.52. The molecule has 0 spiro atoms. The van der Waals surface area contributed by atoms with Crippen molar-refractivity contribution >= 4 is 5.91 Å². The summed E-state index contributed by atoms with van der Waals surface area (Å²) in [7, 11) is 0. The van der Waals surface area contributed by atoms with Crippen LogP contribution in [0.2, 0.25) is 0 Å². The van der Waals surface area contributed by atoms with Gasteiger partial charge in [0.25, 0.3) is 0 Å². The van der Waals surface area contributed by atoms with Crippen LogP contribution in [-0.4, -0.2) is 19.1 Å². The van der Waals surface area contributed by atoms with E-state index in [2.05, 4.69) is 10.2 Å². The molecular formula is C5H12N2O2. The second-order valence-electron chi connectivity index (χ2n) is 1.57. The topological polar surface area (TPSA) is 64.3 Å². The molecular weight excluding hydrogens is 120 g/mol. The first-order chi connectivity index (χ1) is 4.31. The Labute approximate surface area is 54.3 Å². The molecule has 4 heteroatoms. The lowest BCUT2D eigenvalue weighted by molar-refractivity contribution is -0.122. The molecule has 54 valence electrons. The third-order valence-corrected chi connectivity index (χ3v) is 0.821. The van der Waals surface area contributed by atoms with Crippen molar-refractivity contribution in [1.82, 2.24) is 5.32 Å². The molecule has 0 radical (unpaired) electrons. The standard InChI is InChI=1S/C5H12N2O2/c1-2-7-5(8)3-4-9-6/h2-4,6H2,1H3,(H,7,8). The zero-order valence-electron chi connectivity index (χ0n) is 5.52. The SMILES string of the molecule is CCNC(=O)CCON. The van der Waals surface area contributed by atoms with Gasteiger partial charge in [-0.1, -0.05) is 0 Å². The maximum Gasteiger partial charge on any atom is 0.222 e. The first-order valence-corrected chi connectivity index (χ1v) is 2.89. The molecule has 0 saturated carbocycles. The Morgan fingerprint density at radius 1 is 1.78 bits per heavy atom. The highest BCUT2D eigenvalue weighted by atomic mass is 16.6. The van der Waals surface area contributed by atoms with Crippen LogP contribution in [0.5, 0.6) is 0 Å². The normalized spacial score (nSPS) is 9.11. The number of amides is 1. The van der Waals surface area contributed by atoms with Gasteiger partial charge >= 0.3 is 0 Å². The minimum absolute atomic E-state index is 0.0250. The van der Waals surface area contributed by atoms with Crippen LogP contribution in [0, 0.1) is 0 Å². The van der Waals surface area contributed by atoms with E-state index in [1.165, 1.54) is 0 Å². The van der Waals surface area contributed by atoms with Gasteiger partial charge in [0.05, 0.1) is 13.0 Å². The van der Waals surface area contributed by atoms with Crippen molar-refractivity contribution in [2.75, 3.05) is 13.2 Å². The molecule has 0 fully saturated rings. The fourth-order valence-corrected chi connectivity index (χ4v) is 0.437.